The van der Waals surface area contributed by atoms with Gasteiger partial charge in [0.2, 0.25) is 0 Å². The molecule has 3 nitrogen and oxygen atoms in total. The zero-order chi connectivity index (χ0) is 11.3. The van der Waals surface area contributed by atoms with Crippen molar-refractivity contribution in [3.05, 3.63) is 0 Å². The lowest BCUT2D eigenvalue weighted by molar-refractivity contribution is 0.0268. The maximum Gasteiger partial charge on any atom is 0.0596 e. The van der Waals surface area contributed by atoms with E-state index in [0.717, 1.165) is 31.7 Å². The summed E-state index contributed by atoms with van der Waals surface area (Å²) in [6, 6.07) is 0.771. The van der Waals surface area contributed by atoms with E-state index in [1.807, 2.05) is 7.05 Å². The first kappa shape index (κ1) is 12.9. The molecule has 0 bridgehead atoms. The molecule has 1 aliphatic rings. The standard InChI is InChI=1S/C12H26N2O/c1-10(2)15-8-7-14(4)12-6-5-11(12)9-13-3/h10-13H,5-9H2,1-4H3. The van der Waals surface area contributed by atoms with Gasteiger partial charge < -0.3 is 15.0 Å². The Hall–Kier alpha value is -0.120. The van der Waals surface area contributed by atoms with Crippen LogP contribution in [-0.2, 0) is 4.74 Å². The fourth-order valence-corrected chi connectivity index (χ4v) is 2.23. The van der Waals surface area contributed by atoms with Gasteiger partial charge in [0.1, 0.15) is 0 Å². The quantitative estimate of drug-likeness (QED) is 0.692. The number of ether oxygens (including phenoxy) is 1. The summed E-state index contributed by atoms with van der Waals surface area (Å²) in [5, 5.41) is 3.27. The molecule has 0 aliphatic heterocycles. The first-order valence-electron chi connectivity index (χ1n) is 6.11. The molecule has 0 heterocycles. The topological polar surface area (TPSA) is 24.5 Å². The summed E-state index contributed by atoms with van der Waals surface area (Å²) in [6.07, 6.45) is 3.08. The summed E-state index contributed by atoms with van der Waals surface area (Å²) in [7, 11) is 4.26. The van der Waals surface area contributed by atoms with E-state index in [1.54, 1.807) is 0 Å². The highest BCUT2D eigenvalue weighted by Gasteiger charge is 2.32. The number of hydrogen-bond acceptors (Lipinski definition) is 3. The molecule has 1 rings (SSSR count). The molecule has 1 N–H and O–H groups in total. The van der Waals surface area contributed by atoms with E-state index in [0.29, 0.717) is 6.10 Å². The number of likely N-dealkylation sites (N-methyl/N-ethyl adjacent to an activating group) is 1. The Bertz CT molecular complexity index is 173. The van der Waals surface area contributed by atoms with Crippen molar-refractivity contribution in [3.63, 3.8) is 0 Å². The molecule has 2 unspecified atom stereocenters. The highest BCUT2D eigenvalue weighted by molar-refractivity contribution is 4.88. The Kier molecular flexibility index (Phi) is 5.58. The van der Waals surface area contributed by atoms with E-state index in [4.69, 9.17) is 4.74 Å². The van der Waals surface area contributed by atoms with E-state index in [9.17, 15) is 0 Å². The van der Waals surface area contributed by atoms with Crippen LogP contribution in [0, 0.1) is 5.92 Å². The Balaban J connectivity index is 2.13. The zero-order valence-electron chi connectivity index (χ0n) is 10.6. The fourth-order valence-electron chi connectivity index (χ4n) is 2.23. The normalized spacial score (nSPS) is 26.0. The molecule has 2 atom stereocenters. The molecule has 0 aromatic rings. The van der Waals surface area contributed by atoms with Crippen LogP contribution in [0.2, 0.25) is 0 Å². The number of nitrogens with one attached hydrogen (secondary N) is 1. The smallest absolute Gasteiger partial charge is 0.0596 e. The maximum atomic E-state index is 5.57. The molecule has 1 saturated carbocycles. The highest BCUT2D eigenvalue weighted by atomic mass is 16.5. The monoisotopic (exact) mass is 214 g/mol. The summed E-state index contributed by atoms with van der Waals surface area (Å²) in [5.41, 5.74) is 0. The van der Waals surface area contributed by atoms with Crippen molar-refractivity contribution >= 4 is 0 Å². The second kappa shape index (κ2) is 6.46. The molecule has 1 aliphatic carbocycles. The summed E-state index contributed by atoms with van der Waals surface area (Å²) >= 11 is 0. The minimum absolute atomic E-state index is 0.355. The molecule has 0 aromatic carbocycles. The van der Waals surface area contributed by atoms with Gasteiger partial charge in [-0.25, -0.2) is 0 Å². The lowest BCUT2D eigenvalue weighted by atomic mass is 9.78. The third kappa shape index (κ3) is 4.09. The van der Waals surface area contributed by atoms with Gasteiger partial charge in [0.25, 0.3) is 0 Å². The van der Waals surface area contributed by atoms with Gasteiger partial charge in [-0.3, -0.25) is 0 Å². The molecule has 90 valence electrons. The zero-order valence-corrected chi connectivity index (χ0v) is 10.6. The van der Waals surface area contributed by atoms with Crippen LogP contribution in [0.3, 0.4) is 0 Å². The van der Waals surface area contributed by atoms with E-state index in [-0.39, 0.29) is 0 Å². The molecule has 0 amide bonds. The SMILES string of the molecule is CNCC1CCC1N(C)CCOC(C)C. The van der Waals surface area contributed by atoms with E-state index < -0.39 is 0 Å². The molecule has 3 heteroatoms. The van der Waals surface area contributed by atoms with Crippen molar-refractivity contribution in [1.29, 1.82) is 0 Å². The van der Waals surface area contributed by atoms with Gasteiger partial charge >= 0.3 is 0 Å². The van der Waals surface area contributed by atoms with Gasteiger partial charge in [0.15, 0.2) is 0 Å². The van der Waals surface area contributed by atoms with Crippen LogP contribution >= 0.6 is 0 Å². The Morgan fingerprint density at radius 3 is 2.60 bits per heavy atom. The van der Waals surface area contributed by atoms with Gasteiger partial charge in [-0.15, -0.1) is 0 Å². The number of hydrogen-bond donors (Lipinski definition) is 1. The fraction of sp³-hybridized carbons (Fsp3) is 1.00. The molecule has 1 fully saturated rings. The van der Waals surface area contributed by atoms with Crippen LogP contribution in [0.5, 0.6) is 0 Å². The third-order valence-corrected chi connectivity index (χ3v) is 3.31. The van der Waals surface area contributed by atoms with Gasteiger partial charge in [0.05, 0.1) is 12.7 Å². The summed E-state index contributed by atoms with van der Waals surface area (Å²) in [4.78, 5) is 2.45. The van der Waals surface area contributed by atoms with Crippen molar-refractivity contribution in [1.82, 2.24) is 10.2 Å². The van der Waals surface area contributed by atoms with Crippen molar-refractivity contribution in [2.45, 2.75) is 38.8 Å². The Morgan fingerprint density at radius 2 is 2.13 bits per heavy atom. The first-order chi connectivity index (χ1) is 7.15. The highest BCUT2D eigenvalue weighted by Crippen LogP contribution is 2.30. The third-order valence-electron chi connectivity index (χ3n) is 3.31. The average molecular weight is 214 g/mol. The maximum absolute atomic E-state index is 5.57. The van der Waals surface area contributed by atoms with Gasteiger partial charge in [-0.05, 0) is 53.2 Å². The van der Waals surface area contributed by atoms with Gasteiger partial charge in [-0.2, -0.15) is 0 Å². The van der Waals surface area contributed by atoms with E-state index >= 15 is 0 Å². The van der Waals surface area contributed by atoms with Crippen LogP contribution in [0.1, 0.15) is 26.7 Å². The van der Waals surface area contributed by atoms with Crippen molar-refractivity contribution < 1.29 is 4.74 Å². The lowest BCUT2D eigenvalue weighted by Gasteiger charge is -2.42. The minimum Gasteiger partial charge on any atom is -0.377 e. The molecular weight excluding hydrogens is 188 g/mol. The van der Waals surface area contributed by atoms with Crippen LogP contribution in [-0.4, -0.2) is 50.8 Å². The molecule has 15 heavy (non-hydrogen) atoms. The van der Waals surface area contributed by atoms with Gasteiger partial charge in [-0.1, -0.05) is 0 Å². The number of rotatable bonds is 7. The second-order valence-electron chi connectivity index (χ2n) is 4.86. The van der Waals surface area contributed by atoms with Crippen LogP contribution < -0.4 is 5.32 Å². The van der Waals surface area contributed by atoms with Crippen LogP contribution in [0.4, 0.5) is 0 Å². The summed E-state index contributed by atoms with van der Waals surface area (Å²) in [5.74, 6) is 0.846. The lowest BCUT2D eigenvalue weighted by Crippen LogP contribution is -2.49. The predicted molar refractivity (Wildman–Crippen MR) is 64.2 cm³/mol. The summed E-state index contributed by atoms with van der Waals surface area (Å²) < 4.78 is 5.57. The van der Waals surface area contributed by atoms with Crippen molar-refractivity contribution in [3.8, 4) is 0 Å². The van der Waals surface area contributed by atoms with Crippen LogP contribution in [0.15, 0.2) is 0 Å². The van der Waals surface area contributed by atoms with Crippen molar-refractivity contribution in [2.75, 3.05) is 33.8 Å². The molecule has 0 spiro atoms. The van der Waals surface area contributed by atoms with Crippen molar-refractivity contribution in [2.24, 2.45) is 5.92 Å². The first-order valence-corrected chi connectivity index (χ1v) is 6.11. The number of nitrogens with zero attached hydrogens (tertiary/aromatic N) is 1. The Morgan fingerprint density at radius 1 is 1.40 bits per heavy atom. The average Bonchev–Trinajstić information content (AvgIpc) is 2.11. The van der Waals surface area contributed by atoms with Gasteiger partial charge in [0, 0.05) is 12.6 Å². The van der Waals surface area contributed by atoms with Crippen LogP contribution in [0.25, 0.3) is 0 Å². The van der Waals surface area contributed by atoms with E-state index in [2.05, 4.69) is 31.1 Å². The van der Waals surface area contributed by atoms with E-state index in [1.165, 1.54) is 12.8 Å². The second-order valence-corrected chi connectivity index (χ2v) is 4.86. The molecule has 0 radical (unpaired) electrons. The largest absolute Gasteiger partial charge is 0.377 e. The molecular formula is C12H26N2O. The molecule has 0 aromatic heterocycles. The predicted octanol–water partition coefficient (Wildman–Crippen LogP) is 1.34. The Labute approximate surface area is 94.2 Å². The minimum atomic E-state index is 0.355. The summed E-state index contributed by atoms with van der Waals surface area (Å²) in [6.45, 7) is 7.25. The molecule has 0 saturated heterocycles.